The topological polar surface area (TPSA) is 91.5 Å². The number of aryl methyl sites for hydroxylation is 3. The fraction of sp³-hybridized carbons (Fsp3) is 0.368. The van der Waals surface area contributed by atoms with Gasteiger partial charge in [-0.15, -0.1) is 11.3 Å². The third kappa shape index (κ3) is 3.71. The molecule has 0 aliphatic rings. The minimum absolute atomic E-state index is 0.154. The SMILES string of the molecule is CCOC(=O)c1ccoc1COC(=O)c1sc2nc(CC)nc(C)c2c1C. The largest absolute Gasteiger partial charge is 0.465 e. The van der Waals surface area contributed by atoms with Crippen molar-refractivity contribution < 1.29 is 23.5 Å². The number of hydrogen-bond donors (Lipinski definition) is 0. The number of aromatic nitrogens is 2. The van der Waals surface area contributed by atoms with E-state index < -0.39 is 11.9 Å². The third-order valence-electron chi connectivity index (χ3n) is 4.09. The van der Waals surface area contributed by atoms with E-state index in [1.807, 2.05) is 20.8 Å². The third-order valence-corrected chi connectivity index (χ3v) is 5.26. The van der Waals surface area contributed by atoms with Crippen molar-refractivity contribution in [3.8, 4) is 0 Å². The summed E-state index contributed by atoms with van der Waals surface area (Å²) in [6.45, 7) is 7.57. The molecule has 3 rings (SSSR count). The second kappa shape index (κ2) is 7.87. The van der Waals surface area contributed by atoms with Gasteiger partial charge in [0.1, 0.15) is 21.1 Å². The molecule has 0 aliphatic heterocycles. The maximum atomic E-state index is 12.6. The zero-order valence-electron chi connectivity index (χ0n) is 15.6. The van der Waals surface area contributed by atoms with Gasteiger partial charge in [0.05, 0.1) is 12.9 Å². The van der Waals surface area contributed by atoms with Gasteiger partial charge in [0.2, 0.25) is 0 Å². The van der Waals surface area contributed by atoms with E-state index in [0.29, 0.717) is 4.88 Å². The van der Waals surface area contributed by atoms with Crippen LogP contribution >= 0.6 is 11.3 Å². The first-order valence-electron chi connectivity index (χ1n) is 8.63. The van der Waals surface area contributed by atoms with Gasteiger partial charge in [-0.25, -0.2) is 19.6 Å². The molecule has 0 amide bonds. The molecule has 3 aromatic heterocycles. The van der Waals surface area contributed by atoms with E-state index in [1.54, 1.807) is 6.92 Å². The van der Waals surface area contributed by atoms with Crippen molar-refractivity contribution in [2.45, 2.75) is 40.7 Å². The Morgan fingerprint density at radius 3 is 2.63 bits per heavy atom. The number of rotatable bonds is 6. The summed E-state index contributed by atoms with van der Waals surface area (Å²) in [6, 6.07) is 1.50. The predicted octanol–water partition coefficient (Wildman–Crippen LogP) is 4.00. The van der Waals surface area contributed by atoms with Gasteiger partial charge in [0, 0.05) is 17.5 Å². The van der Waals surface area contributed by atoms with Crippen molar-refractivity contribution in [2.24, 2.45) is 0 Å². The molecule has 0 N–H and O–H groups in total. The zero-order chi connectivity index (χ0) is 19.6. The number of thiophene rings is 1. The molecule has 8 heteroatoms. The quantitative estimate of drug-likeness (QED) is 0.589. The summed E-state index contributed by atoms with van der Waals surface area (Å²) in [7, 11) is 0. The first kappa shape index (κ1) is 19.0. The van der Waals surface area contributed by atoms with Crippen LogP contribution in [-0.2, 0) is 22.5 Å². The Morgan fingerprint density at radius 1 is 1.15 bits per heavy atom. The molecule has 0 saturated carbocycles. The van der Waals surface area contributed by atoms with E-state index in [2.05, 4.69) is 9.97 Å². The Balaban J connectivity index is 1.81. The van der Waals surface area contributed by atoms with Crippen LogP contribution in [0.5, 0.6) is 0 Å². The summed E-state index contributed by atoms with van der Waals surface area (Å²) in [5.41, 5.74) is 1.90. The van der Waals surface area contributed by atoms with Crippen LogP contribution in [-0.4, -0.2) is 28.5 Å². The van der Waals surface area contributed by atoms with Gasteiger partial charge in [-0.2, -0.15) is 0 Å². The van der Waals surface area contributed by atoms with Gasteiger partial charge in [-0.1, -0.05) is 6.92 Å². The number of carbonyl (C=O) groups excluding carboxylic acids is 2. The molecule has 0 spiro atoms. The lowest BCUT2D eigenvalue weighted by atomic mass is 10.1. The molecule has 0 saturated heterocycles. The van der Waals surface area contributed by atoms with Crippen molar-refractivity contribution >= 4 is 33.5 Å². The van der Waals surface area contributed by atoms with Crippen LogP contribution < -0.4 is 0 Å². The smallest absolute Gasteiger partial charge is 0.349 e. The Bertz CT molecular complexity index is 1010. The number of fused-ring (bicyclic) bond motifs is 1. The summed E-state index contributed by atoms with van der Waals surface area (Å²) < 4.78 is 15.6. The van der Waals surface area contributed by atoms with E-state index in [9.17, 15) is 9.59 Å². The number of ether oxygens (including phenoxy) is 2. The molecule has 0 unspecified atom stereocenters. The van der Waals surface area contributed by atoms with E-state index in [-0.39, 0.29) is 24.5 Å². The van der Waals surface area contributed by atoms with Gasteiger partial charge >= 0.3 is 11.9 Å². The average molecular weight is 388 g/mol. The maximum Gasteiger partial charge on any atom is 0.349 e. The number of esters is 2. The highest BCUT2D eigenvalue weighted by Crippen LogP contribution is 2.32. The van der Waals surface area contributed by atoms with Crippen LogP contribution in [0.15, 0.2) is 16.7 Å². The highest BCUT2D eigenvalue weighted by atomic mass is 32.1. The first-order valence-corrected chi connectivity index (χ1v) is 9.45. The Labute approximate surface area is 160 Å². The first-order chi connectivity index (χ1) is 13.0. The van der Waals surface area contributed by atoms with Crippen molar-refractivity contribution in [3.05, 3.63) is 45.6 Å². The lowest BCUT2D eigenvalue weighted by Crippen LogP contribution is -2.09. The maximum absolute atomic E-state index is 12.6. The van der Waals surface area contributed by atoms with E-state index >= 15 is 0 Å². The molecule has 0 bridgehead atoms. The van der Waals surface area contributed by atoms with Gasteiger partial charge in [0.25, 0.3) is 0 Å². The van der Waals surface area contributed by atoms with Crippen LogP contribution in [0, 0.1) is 13.8 Å². The minimum Gasteiger partial charge on any atom is -0.465 e. The molecular formula is C19H20N2O5S. The van der Waals surface area contributed by atoms with Crippen LogP contribution in [0.4, 0.5) is 0 Å². The zero-order valence-corrected chi connectivity index (χ0v) is 16.4. The van der Waals surface area contributed by atoms with Gasteiger partial charge < -0.3 is 13.9 Å². The highest BCUT2D eigenvalue weighted by Gasteiger charge is 2.22. The minimum atomic E-state index is -0.506. The van der Waals surface area contributed by atoms with Crippen LogP contribution in [0.25, 0.3) is 10.2 Å². The molecule has 0 fully saturated rings. The van der Waals surface area contributed by atoms with Crippen molar-refractivity contribution in [2.75, 3.05) is 6.61 Å². The number of hydrogen-bond acceptors (Lipinski definition) is 8. The lowest BCUT2D eigenvalue weighted by Gasteiger charge is -2.05. The monoisotopic (exact) mass is 388 g/mol. The fourth-order valence-electron chi connectivity index (χ4n) is 2.79. The molecule has 0 radical (unpaired) electrons. The molecule has 7 nitrogen and oxygen atoms in total. The van der Waals surface area contributed by atoms with Crippen molar-refractivity contribution in [1.29, 1.82) is 0 Å². The molecule has 27 heavy (non-hydrogen) atoms. The molecule has 142 valence electrons. The summed E-state index contributed by atoms with van der Waals surface area (Å²) in [5.74, 6) is 0.00753. The molecule has 0 aliphatic carbocycles. The van der Waals surface area contributed by atoms with Crippen molar-refractivity contribution in [3.63, 3.8) is 0 Å². The molecular weight excluding hydrogens is 368 g/mol. The Hall–Kier alpha value is -2.74. The van der Waals surface area contributed by atoms with Crippen LogP contribution in [0.3, 0.4) is 0 Å². The second-order valence-electron chi connectivity index (χ2n) is 5.87. The molecule has 3 aromatic rings. The second-order valence-corrected chi connectivity index (χ2v) is 6.87. The fourth-order valence-corrected chi connectivity index (χ4v) is 3.93. The van der Waals surface area contributed by atoms with E-state index in [1.165, 1.54) is 23.7 Å². The summed E-state index contributed by atoms with van der Waals surface area (Å²) in [4.78, 5) is 34.7. The Morgan fingerprint density at radius 2 is 1.93 bits per heavy atom. The number of nitrogens with zero attached hydrogens (tertiary/aromatic N) is 2. The van der Waals surface area contributed by atoms with E-state index in [4.69, 9.17) is 13.9 Å². The number of carbonyl (C=O) groups is 2. The van der Waals surface area contributed by atoms with Crippen molar-refractivity contribution in [1.82, 2.24) is 9.97 Å². The summed E-state index contributed by atoms with van der Waals surface area (Å²) in [5, 5.41) is 0.884. The summed E-state index contributed by atoms with van der Waals surface area (Å²) >= 11 is 1.28. The predicted molar refractivity (Wildman–Crippen MR) is 100 cm³/mol. The highest BCUT2D eigenvalue weighted by molar-refractivity contribution is 7.20. The van der Waals surface area contributed by atoms with Gasteiger partial charge in [0.15, 0.2) is 12.4 Å². The van der Waals surface area contributed by atoms with E-state index in [0.717, 1.165) is 33.7 Å². The number of furan rings is 1. The van der Waals surface area contributed by atoms with Gasteiger partial charge in [-0.3, -0.25) is 0 Å². The average Bonchev–Trinajstić information content (AvgIpc) is 3.24. The molecule has 3 heterocycles. The van der Waals surface area contributed by atoms with Crippen LogP contribution in [0.1, 0.15) is 56.7 Å². The summed E-state index contributed by atoms with van der Waals surface area (Å²) in [6.07, 6.45) is 2.09. The molecule has 0 aromatic carbocycles. The van der Waals surface area contributed by atoms with Crippen LogP contribution in [0.2, 0.25) is 0 Å². The molecule has 0 atom stereocenters. The van der Waals surface area contributed by atoms with Gasteiger partial charge in [-0.05, 0) is 32.4 Å². The standard InChI is InChI=1S/C19H20N2O5S/c1-5-14-20-11(4)15-10(3)16(27-17(15)21-14)19(23)26-9-13-12(7-8-25-13)18(22)24-6-2/h7-8H,5-6,9H2,1-4H3. The normalized spacial score (nSPS) is 11.0. The Kier molecular flexibility index (Phi) is 5.55. The lowest BCUT2D eigenvalue weighted by molar-refractivity contribution is 0.0427.